The molecule has 0 N–H and O–H groups in total. The zero-order chi connectivity index (χ0) is 17.8. The van der Waals surface area contributed by atoms with Gasteiger partial charge < -0.3 is 9.80 Å². The van der Waals surface area contributed by atoms with Crippen LogP contribution in [0.4, 0.5) is 5.82 Å². The summed E-state index contributed by atoms with van der Waals surface area (Å²) in [7, 11) is 0. The van der Waals surface area contributed by atoms with Crippen molar-refractivity contribution in [1.82, 2.24) is 19.9 Å². The fourth-order valence-electron chi connectivity index (χ4n) is 2.99. The van der Waals surface area contributed by atoms with Gasteiger partial charge in [0.25, 0.3) is 0 Å². The van der Waals surface area contributed by atoms with E-state index in [2.05, 4.69) is 19.9 Å². The Morgan fingerprint density at radius 2 is 1.77 bits per heavy atom. The minimum absolute atomic E-state index is 0.128. The molecule has 0 unspecified atom stereocenters. The maximum atomic E-state index is 12.6. The topological polar surface area (TPSA) is 62.2 Å². The number of amides is 1. The Morgan fingerprint density at radius 1 is 1.00 bits per heavy atom. The van der Waals surface area contributed by atoms with Crippen molar-refractivity contribution in [3.63, 3.8) is 0 Å². The van der Waals surface area contributed by atoms with Gasteiger partial charge in [0.05, 0.1) is 17.8 Å². The molecular formula is C19H19N5OS. The van der Waals surface area contributed by atoms with E-state index in [1.54, 1.807) is 12.4 Å². The number of hydrogen-bond acceptors (Lipinski definition) is 6. The predicted octanol–water partition coefficient (Wildman–Crippen LogP) is 2.49. The molecule has 0 spiro atoms. The minimum Gasteiger partial charge on any atom is -0.353 e. The summed E-state index contributed by atoms with van der Waals surface area (Å²) in [6.07, 6.45) is 3.89. The first-order chi connectivity index (χ1) is 12.8. The third kappa shape index (κ3) is 3.72. The number of anilines is 1. The molecule has 0 bridgehead atoms. The lowest BCUT2D eigenvalue weighted by atomic mass is 10.2. The number of carbonyl (C=O) groups excluding carboxylic acids is 1. The van der Waals surface area contributed by atoms with Crippen molar-refractivity contribution in [1.29, 1.82) is 0 Å². The van der Waals surface area contributed by atoms with E-state index >= 15 is 0 Å². The average Bonchev–Trinajstić information content (AvgIpc) is 3.18. The van der Waals surface area contributed by atoms with E-state index in [4.69, 9.17) is 0 Å². The van der Waals surface area contributed by atoms with Gasteiger partial charge in [-0.15, -0.1) is 11.3 Å². The highest BCUT2D eigenvalue weighted by Gasteiger charge is 2.22. The van der Waals surface area contributed by atoms with Gasteiger partial charge in [-0.2, -0.15) is 0 Å². The smallest absolute Gasteiger partial charge is 0.228 e. The van der Waals surface area contributed by atoms with Crippen molar-refractivity contribution in [3.05, 3.63) is 59.9 Å². The minimum atomic E-state index is 0.128. The summed E-state index contributed by atoms with van der Waals surface area (Å²) in [4.78, 5) is 30.0. The van der Waals surface area contributed by atoms with Gasteiger partial charge >= 0.3 is 0 Å². The second kappa shape index (κ2) is 7.61. The Labute approximate surface area is 156 Å². The molecule has 1 amide bonds. The molecule has 3 aromatic rings. The number of hydrogen-bond donors (Lipinski definition) is 0. The van der Waals surface area contributed by atoms with Crippen molar-refractivity contribution in [3.8, 4) is 10.7 Å². The number of aromatic nitrogens is 3. The Kier molecular flexibility index (Phi) is 4.88. The quantitative estimate of drug-likeness (QED) is 0.711. The first kappa shape index (κ1) is 16.7. The largest absolute Gasteiger partial charge is 0.353 e. The molecule has 0 aromatic carbocycles. The second-order valence-corrected chi connectivity index (χ2v) is 6.95. The number of nitrogens with zero attached hydrogens (tertiary/aromatic N) is 5. The molecule has 132 valence electrons. The summed E-state index contributed by atoms with van der Waals surface area (Å²) in [5.41, 5.74) is 1.66. The normalized spacial score (nSPS) is 14.5. The van der Waals surface area contributed by atoms with Crippen molar-refractivity contribution in [2.45, 2.75) is 6.42 Å². The van der Waals surface area contributed by atoms with Gasteiger partial charge in [-0.3, -0.25) is 9.78 Å². The molecule has 6 nitrogen and oxygen atoms in total. The van der Waals surface area contributed by atoms with Crippen LogP contribution < -0.4 is 4.90 Å². The lowest BCUT2D eigenvalue weighted by Gasteiger charge is -2.35. The summed E-state index contributed by atoms with van der Waals surface area (Å²) in [6, 6.07) is 11.7. The van der Waals surface area contributed by atoms with Crippen LogP contribution in [0.2, 0.25) is 0 Å². The molecule has 4 heterocycles. The van der Waals surface area contributed by atoms with E-state index in [1.807, 2.05) is 46.7 Å². The van der Waals surface area contributed by atoms with Crippen molar-refractivity contribution in [2.24, 2.45) is 0 Å². The highest BCUT2D eigenvalue weighted by atomic mass is 32.1. The van der Waals surface area contributed by atoms with Crippen LogP contribution in [0.25, 0.3) is 10.7 Å². The van der Waals surface area contributed by atoms with E-state index in [9.17, 15) is 4.79 Å². The van der Waals surface area contributed by atoms with Crippen LogP contribution in [0.1, 0.15) is 5.69 Å². The highest BCUT2D eigenvalue weighted by molar-refractivity contribution is 7.13. The zero-order valence-corrected chi connectivity index (χ0v) is 15.1. The lowest BCUT2D eigenvalue weighted by Crippen LogP contribution is -2.49. The van der Waals surface area contributed by atoms with Gasteiger partial charge in [-0.05, 0) is 24.3 Å². The fraction of sp³-hybridized carbons (Fsp3) is 0.263. The molecule has 1 aliphatic heterocycles. The summed E-state index contributed by atoms with van der Waals surface area (Å²) in [6.45, 7) is 3.04. The van der Waals surface area contributed by atoms with E-state index < -0.39 is 0 Å². The van der Waals surface area contributed by atoms with Crippen LogP contribution in [0.15, 0.2) is 54.2 Å². The molecule has 0 aliphatic carbocycles. The maximum absolute atomic E-state index is 12.6. The van der Waals surface area contributed by atoms with Crippen LogP contribution in [-0.2, 0) is 11.2 Å². The van der Waals surface area contributed by atoms with Gasteiger partial charge in [0.2, 0.25) is 5.91 Å². The standard InChI is InChI=1S/C19H19N5OS/c25-18(13-15-14-26-19(22-15)16-5-1-3-7-20-16)24-11-9-23(10-12-24)17-6-2-4-8-21-17/h1-8,14H,9-13H2. The van der Waals surface area contributed by atoms with Gasteiger partial charge in [-0.25, -0.2) is 9.97 Å². The monoisotopic (exact) mass is 365 g/mol. The van der Waals surface area contributed by atoms with E-state index in [0.29, 0.717) is 19.5 Å². The molecule has 26 heavy (non-hydrogen) atoms. The van der Waals surface area contributed by atoms with Gasteiger partial charge in [0, 0.05) is 44.0 Å². The molecule has 7 heteroatoms. The third-order valence-corrected chi connectivity index (χ3v) is 5.29. The third-order valence-electron chi connectivity index (χ3n) is 4.37. The van der Waals surface area contributed by atoms with Crippen molar-refractivity contribution < 1.29 is 4.79 Å². The van der Waals surface area contributed by atoms with Crippen LogP contribution in [0, 0.1) is 0 Å². The van der Waals surface area contributed by atoms with Gasteiger partial charge in [0.15, 0.2) is 0 Å². The Bertz CT molecular complexity index is 860. The second-order valence-electron chi connectivity index (χ2n) is 6.09. The van der Waals surface area contributed by atoms with Gasteiger partial charge in [-0.1, -0.05) is 12.1 Å². The van der Waals surface area contributed by atoms with E-state index in [1.165, 1.54) is 11.3 Å². The highest BCUT2D eigenvalue weighted by Crippen LogP contribution is 2.22. The average molecular weight is 365 g/mol. The van der Waals surface area contributed by atoms with Crippen LogP contribution >= 0.6 is 11.3 Å². The lowest BCUT2D eigenvalue weighted by molar-refractivity contribution is -0.130. The van der Waals surface area contributed by atoms with Crippen LogP contribution in [0.5, 0.6) is 0 Å². The molecular weight excluding hydrogens is 346 g/mol. The van der Waals surface area contributed by atoms with Crippen molar-refractivity contribution >= 4 is 23.1 Å². The molecule has 1 fully saturated rings. The number of rotatable bonds is 4. The summed E-state index contributed by atoms with van der Waals surface area (Å²) in [5.74, 6) is 1.10. The zero-order valence-electron chi connectivity index (χ0n) is 14.3. The first-order valence-electron chi connectivity index (χ1n) is 8.59. The Morgan fingerprint density at radius 3 is 2.46 bits per heavy atom. The molecule has 1 saturated heterocycles. The van der Waals surface area contributed by atoms with Crippen LogP contribution in [0.3, 0.4) is 0 Å². The van der Waals surface area contributed by atoms with Crippen molar-refractivity contribution in [2.75, 3.05) is 31.1 Å². The summed E-state index contributed by atoms with van der Waals surface area (Å²) >= 11 is 1.53. The Hall–Kier alpha value is -2.80. The molecule has 4 rings (SSSR count). The summed E-state index contributed by atoms with van der Waals surface area (Å²) < 4.78 is 0. The first-order valence-corrected chi connectivity index (χ1v) is 9.47. The predicted molar refractivity (Wildman–Crippen MR) is 102 cm³/mol. The molecule has 1 aliphatic rings. The Balaban J connectivity index is 1.34. The van der Waals surface area contributed by atoms with E-state index in [0.717, 1.165) is 35.3 Å². The molecule has 0 atom stereocenters. The molecule has 3 aromatic heterocycles. The molecule has 0 saturated carbocycles. The van der Waals surface area contributed by atoms with E-state index in [-0.39, 0.29) is 5.91 Å². The molecule has 0 radical (unpaired) electrons. The summed E-state index contributed by atoms with van der Waals surface area (Å²) in [5, 5.41) is 2.81. The SMILES string of the molecule is O=C(Cc1csc(-c2ccccn2)n1)N1CCN(c2ccccn2)CC1. The van der Waals surface area contributed by atoms with Gasteiger partial charge in [0.1, 0.15) is 10.8 Å². The number of pyridine rings is 2. The maximum Gasteiger partial charge on any atom is 0.228 e. The number of carbonyl (C=O) groups is 1. The fourth-order valence-corrected chi connectivity index (χ4v) is 3.78. The number of piperazine rings is 1. The number of thiazole rings is 1. The van der Waals surface area contributed by atoms with Crippen LogP contribution in [-0.4, -0.2) is 51.9 Å².